The summed E-state index contributed by atoms with van der Waals surface area (Å²) >= 11 is 0. The second-order valence-electron chi connectivity index (χ2n) is 11.3. The smallest absolute Gasteiger partial charge is 0.338 e. The van der Waals surface area contributed by atoms with E-state index in [1.54, 1.807) is 56.5 Å². The summed E-state index contributed by atoms with van der Waals surface area (Å²) in [4.78, 5) is 37.5. The van der Waals surface area contributed by atoms with E-state index in [-0.39, 0.29) is 37.0 Å². The minimum Gasteiger partial charge on any atom is -0.493 e. The van der Waals surface area contributed by atoms with Gasteiger partial charge in [0.25, 0.3) is 5.91 Å². The zero-order valence-electron chi connectivity index (χ0n) is 28.3. The Bertz CT molecular complexity index is 1950. The Morgan fingerprint density at radius 2 is 1.76 bits per heavy atom. The maximum Gasteiger partial charge on any atom is 0.338 e. The molecular formula is C37H38FN5O7. The van der Waals surface area contributed by atoms with Gasteiger partial charge in [0.1, 0.15) is 18.2 Å². The second kappa shape index (κ2) is 15.9. The molecule has 12 nitrogen and oxygen atoms in total. The van der Waals surface area contributed by atoms with Crippen LogP contribution in [0.3, 0.4) is 0 Å². The minimum absolute atomic E-state index is 0.126. The first-order chi connectivity index (χ1) is 24.1. The molecule has 260 valence electrons. The molecule has 1 aromatic heterocycles. The average Bonchev–Trinajstić information content (AvgIpc) is 3.38. The molecule has 1 atom stereocenters. The summed E-state index contributed by atoms with van der Waals surface area (Å²) in [6.45, 7) is 7.18. The fraction of sp³-hybridized carbons (Fsp3) is 0.243. The Balaban J connectivity index is 1.18. The Hall–Kier alpha value is -6.11. The van der Waals surface area contributed by atoms with Crippen LogP contribution in [-0.2, 0) is 20.9 Å². The highest BCUT2D eigenvalue weighted by atomic mass is 19.1. The SMILES string of the molecule is CCOC(=O)C1=C(C)NC(=O)N[C@H]1c1ccc(OCC(=O)N/N=C/c2cc(C)n(-c3ccc(OCc4ccccc4F)cc3)c2C)c(OC)c1. The third kappa shape index (κ3) is 8.12. The van der Waals surface area contributed by atoms with Gasteiger partial charge >= 0.3 is 12.0 Å². The van der Waals surface area contributed by atoms with Gasteiger partial charge in [0.05, 0.1) is 31.5 Å². The van der Waals surface area contributed by atoms with E-state index in [1.165, 1.54) is 13.2 Å². The van der Waals surface area contributed by atoms with Crippen LogP contribution in [0.25, 0.3) is 5.69 Å². The number of hydrazone groups is 1. The highest BCUT2D eigenvalue weighted by Crippen LogP contribution is 2.34. The van der Waals surface area contributed by atoms with Gasteiger partial charge in [-0.2, -0.15) is 5.10 Å². The van der Waals surface area contributed by atoms with Gasteiger partial charge in [0, 0.05) is 33.9 Å². The molecule has 3 amide bonds. The average molecular weight is 684 g/mol. The molecule has 13 heteroatoms. The molecule has 0 spiro atoms. The number of ether oxygens (including phenoxy) is 4. The fourth-order valence-corrected chi connectivity index (χ4v) is 5.54. The number of carbonyl (C=O) groups is 3. The van der Waals surface area contributed by atoms with Crippen molar-refractivity contribution in [1.29, 1.82) is 0 Å². The first-order valence-corrected chi connectivity index (χ1v) is 15.8. The number of aryl methyl sites for hydroxylation is 1. The van der Waals surface area contributed by atoms with Crippen LogP contribution in [0, 0.1) is 19.7 Å². The van der Waals surface area contributed by atoms with Gasteiger partial charge < -0.3 is 34.1 Å². The zero-order chi connectivity index (χ0) is 35.8. The molecule has 0 fully saturated rings. The molecule has 1 aliphatic heterocycles. The molecule has 4 aromatic rings. The summed E-state index contributed by atoms with van der Waals surface area (Å²) in [5.41, 5.74) is 7.73. The number of esters is 1. The molecule has 0 unspecified atom stereocenters. The monoisotopic (exact) mass is 683 g/mol. The quantitative estimate of drug-likeness (QED) is 0.0955. The summed E-state index contributed by atoms with van der Waals surface area (Å²) in [6.07, 6.45) is 1.56. The molecule has 0 aliphatic carbocycles. The Morgan fingerprint density at radius 1 is 1.00 bits per heavy atom. The Morgan fingerprint density at radius 3 is 2.48 bits per heavy atom. The van der Waals surface area contributed by atoms with Crippen LogP contribution in [0.5, 0.6) is 17.2 Å². The van der Waals surface area contributed by atoms with Gasteiger partial charge in [0.2, 0.25) is 0 Å². The first-order valence-electron chi connectivity index (χ1n) is 15.8. The minimum atomic E-state index is -0.782. The summed E-state index contributed by atoms with van der Waals surface area (Å²) in [7, 11) is 1.44. The topological polar surface area (TPSA) is 142 Å². The molecule has 1 aliphatic rings. The van der Waals surface area contributed by atoms with Crippen LogP contribution in [0.1, 0.15) is 48.0 Å². The number of halogens is 1. The van der Waals surface area contributed by atoms with Crippen molar-refractivity contribution < 1.29 is 37.7 Å². The maximum atomic E-state index is 13.9. The number of hydrogen-bond donors (Lipinski definition) is 3. The van der Waals surface area contributed by atoms with E-state index >= 15 is 0 Å². The second-order valence-corrected chi connectivity index (χ2v) is 11.3. The van der Waals surface area contributed by atoms with E-state index in [1.807, 2.05) is 48.7 Å². The van der Waals surface area contributed by atoms with Crippen LogP contribution in [-0.4, -0.2) is 49.0 Å². The lowest BCUT2D eigenvalue weighted by molar-refractivity contribution is -0.139. The number of nitrogens with one attached hydrogen (secondary N) is 3. The predicted octanol–water partition coefficient (Wildman–Crippen LogP) is 5.54. The van der Waals surface area contributed by atoms with E-state index in [4.69, 9.17) is 18.9 Å². The van der Waals surface area contributed by atoms with E-state index < -0.39 is 23.9 Å². The van der Waals surface area contributed by atoms with Gasteiger partial charge in [0.15, 0.2) is 18.1 Å². The summed E-state index contributed by atoms with van der Waals surface area (Å²) in [5.74, 6) is -0.172. The van der Waals surface area contributed by atoms with Gasteiger partial charge in [-0.15, -0.1) is 0 Å². The number of allylic oxidation sites excluding steroid dienone is 1. The van der Waals surface area contributed by atoms with Crippen molar-refractivity contribution in [2.45, 2.75) is 40.3 Å². The van der Waals surface area contributed by atoms with Gasteiger partial charge in [-0.1, -0.05) is 24.3 Å². The molecule has 3 aromatic carbocycles. The van der Waals surface area contributed by atoms with Crippen molar-refractivity contribution in [2.24, 2.45) is 5.10 Å². The molecular weight excluding hydrogens is 645 g/mol. The number of hydrogen-bond acceptors (Lipinski definition) is 8. The molecule has 3 N–H and O–H groups in total. The third-order valence-electron chi connectivity index (χ3n) is 7.95. The number of aromatic nitrogens is 1. The van der Waals surface area contributed by atoms with Crippen LogP contribution < -0.4 is 30.3 Å². The van der Waals surface area contributed by atoms with Crippen LogP contribution >= 0.6 is 0 Å². The highest BCUT2D eigenvalue weighted by Gasteiger charge is 2.32. The van der Waals surface area contributed by atoms with Crippen LogP contribution in [0.2, 0.25) is 0 Å². The van der Waals surface area contributed by atoms with E-state index in [9.17, 15) is 18.8 Å². The Labute approximate surface area is 288 Å². The number of amides is 3. The molecule has 0 radical (unpaired) electrons. The lowest BCUT2D eigenvalue weighted by atomic mass is 9.95. The summed E-state index contributed by atoms with van der Waals surface area (Å²) in [6, 6.07) is 19.6. The van der Waals surface area contributed by atoms with Crippen molar-refractivity contribution >= 4 is 24.1 Å². The van der Waals surface area contributed by atoms with Crippen molar-refractivity contribution in [2.75, 3.05) is 20.3 Å². The van der Waals surface area contributed by atoms with Gasteiger partial charge in [-0.25, -0.2) is 19.4 Å². The normalized spacial score (nSPS) is 14.2. The largest absolute Gasteiger partial charge is 0.493 e. The van der Waals surface area contributed by atoms with Gasteiger partial charge in [-0.3, -0.25) is 4.79 Å². The van der Waals surface area contributed by atoms with Crippen molar-refractivity contribution in [3.8, 4) is 22.9 Å². The van der Waals surface area contributed by atoms with Crippen molar-refractivity contribution in [1.82, 2.24) is 20.6 Å². The lowest BCUT2D eigenvalue weighted by Crippen LogP contribution is -2.45. The molecule has 0 saturated carbocycles. The van der Waals surface area contributed by atoms with E-state index in [0.29, 0.717) is 28.3 Å². The number of benzene rings is 3. The van der Waals surface area contributed by atoms with E-state index in [2.05, 4.69) is 21.2 Å². The van der Waals surface area contributed by atoms with Crippen molar-refractivity contribution in [3.63, 3.8) is 0 Å². The Kier molecular flexibility index (Phi) is 11.2. The number of rotatable bonds is 13. The fourth-order valence-electron chi connectivity index (χ4n) is 5.54. The first kappa shape index (κ1) is 35.2. The highest BCUT2D eigenvalue weighted by molar-refractivity contribution is 5.95. The molecule has 0 bridgehead atoms. The zero-order valence-corrected chi connectivity index (χ0v) is 28.3. The van der Waals surface area contributed by atoms with E-state index in [0.717, 1.165) is 22.6 Å². The van der Waals surface area contributed by atoms with Gasteiger partial charge in [-0.05, 0) is 81.8 Å². The van der Waals surface area contributed by atoms with Crippen molar-refractivity contribution in [3.05, 3.63) is 118 Å². The predicted molar refractivity (Wildman–Crippen MR) is 184 cm³/mol. The number of carbonyl (C=O) groups excluding carboxylic acids is 3. The summed E-state index contributed by atoms with van der Waals surface area (Å²) < 4.78 is 38.1. The maximum absolute atomic E-state index is 13.9. The van der Waals surface area contributed by atoms with Crippen LogP contribution in [0.4, 0.5) is 9.18 Å². The number of methoxy groups -OCH3 is 1. The number of urea groups is 1. The van der Waals surface area contributed by atoms with Crippen LogP contribution in [0.15, 0.2) is 89.2 Å². The molecule has 5 rings (SSSR count). The third-order valence-corrected chi connectivity index (χ3v) is 7.95. The standard InChI is InChI=1S/C37H38FN5O7/c1-6-48-36(45)34-23(3)40-37(46)41-35(34)25-11-16-31(32(18-25)47-5)50-21-33(44)42-39-19-27-17-22(2)43(24(27)4)28-12-14-29(15-13-28)49-20-26-9-7-8-10-30(26)38/h7-19,35H,6,20-21H2,1-5H3,(H,42,44)(H2,40,41,46)/b39-19+/t35-/m0/s1. The molecule has 50 heavy (non-hydrogen) atoms. The lowest BCUT2D eigenvalue weighted by Gasteiger charge is -2.28. The summed E-state index contributed by atoms with van der Waals surface area (Å²) in [5, 5.41) is 9.45. The molecule has 0 saturated heterocycles. The number of nitrogens with zero attached hydrogens (tertiary/aromatic N) is 2. The molecule has 2 heterocycles.